The number of hydrogen-bond donors (Lipinski definition) is 2. The Morgan fingerprint density at radius 1 is 1.50 bits per heavy atom. The highest BCUT2D eigenvalue weighted by atomic mass is 79.9. The Bertz CT molecular complexity index is 463. The van der Waals surface area contributed by atoms with E-state index in [0.29, 0.717) is 6.54 Å². The molecule has 0 saturated carbocycles. The van der Waals surface area contributed by atoms with Gasteiger partial charge in [-0.3, -0.25) is 0 Å². The maximum Gasteiger partial charge on any atom is 0.242 e. The Labute approximate surface area is 108 Å². The Morgan fingerprint density at radius 3 is 2.75 bits per heavy atom. The number of benzene rings is 1. The van der Waals surface area contributed by atoms with Crippen molar-refractivity contribution in [3.05, 3.63) is 22.7 Å². The van der Waals surface area contributed by atoms with Gasteiger partial charge in [0.1, 0.15) is 4.90 Å². The normalized spacial score (nSPS) is 11.6. The van der Waals surface area contributed by atoms with Gasteiger partial charge in [0.05, 0.1) is 5.69 Å². The number of anilines is 1. The lowest BCUT2D eigenvalue weighted by atomic mass is 10.3. The summed E-state index contributed by atoms with van der Waals surface area (Å²) >= 11 is 4.81. The molecule has 0 aliphatic carbocycles. The monoisotopic (exact) mass is 324 g/mol. The van der Waals surface area contributed by atoms with Crippen molar-refractivity contribution in [1.29, 1.82) is 0 Å². The average molecular weight is 325 g/mol. The van der Waals surface area contributed by atoms with Crippen LogP contribution >= 0.6 is 27.7 Å². The highest BCUT2D eigenvalue weighted by Crippen LogP contribution is 2.22. The number of rotatable bonds is 5. The van der Waals surface area contributed by atoms with Crippen LogP contribution in [0.4, 0.5) is 5.69 Å². The van der Waals surface area contributed by atoms with Crippen molar-refractivity contribution in [2.45, 2.75) is 4.90 Å². The van der Waals surface area contributed by atoms with Crippen LogP contribution in [0, 0.1) is 0 Å². The van der Waals surface area contributed by atoms with E-state index in [4.69, 9.17) is 5.73 Å². The fraction of sp³-hybridized carbons (Fsp3) is 0.333. The van der Waals surface area contributed by atoms with Crippen molar-refractivity contribution >= 4 is 43.4 Å². The molecule has 16 heavy (non-hydrogen) atoms. The maximum atomic E-state index is 11.8. The van der Waals surface area contributed by atoms with E-state index in [-0.39, 0.29) is 10.6 Å². The fourth-order valence-electron chi connectivity index (χ4n) is 1.12. The number of nitrogens with one attached hydrogen (secondary N) is 1. The molecule has 0 fully saturated rings. The topological polar surface area (TPSA) is 72.2 Å². The van der Waals surface area contributed by atoms with Gasteiger partial charge in [-0.15, -0.1) is 0 Å². The van der Waals surface area contributed by atoms with Crippen LogP contribution in [-0.2, 0) is 10.0 Å². The molecule has 0 heterocycles. The first-order valence-corrected chi connectivity index (χ1v) is 8.18. The van der Waals surface area contributed by atoms with Crippen molar-refractivity contribution in [2.24, 2.45) is 0 Å². The van der Waals surface area contributed by atoms with Crippen LogP contribution in [-0.4, -0.2) is 27.0 Å². The minimum absolute atomic E-state index is 0.122. The van der Waals surface area contributed by atoms with Gasteiger partial charge in [-0.05, 0) is 24.5 Å². The van der Waals surface area contributed by atoms with Crippen molar-refractivity contribution in [1.82, 2.24) is 4.72 Å². The number of hydrogen-bond acceptors (Lipinski definition) is 4. The molecular weight excluding hydrogens is 312 g/mol. The zero-order chi connectivity index (χ0) is 12.2. The van der Waals surface area contributed by atoms with Crippen molar-refractivity contribution in [3.63, 3.8) is 0 Å². The lowest BCUT2D eigenvalue weighted by Crippen LogP contribution is -2.26. The van der Waals surface area contributed by atoms with Gasteiger partial charge >= 0.3 is 0 Å². The molecule has 0 aliphatic heterocycles. The molecule has 0 aromatic heterocycles. The predicted molar refractivity (Wildman–Crippen MR) is 72.1 cm³/mol. The van der Waals surface area contributed by atoms with Gasteiger partial charge in [0, 0.05) is 16.8 Å². The second-order valence-corrected chi connectivity index (χ2v) is 6.71. The molecule has 4 nitrogen and oxygen atoms in total. The van der Waals surface area contributed by atoms with Crippen LogP contribution in [0.15, 0.2) is 27.6 Å². The third kappa shape index (κ3) is 3.65. The summed E-state index contributed by atoms with van der Waals surface area (Å²) in [7, 11) is -3.49. The van der Waals surface area contributed by atoms with Gasteiger partial charge < -0.3 is 5.73 Å². The second kappa shape index (κ2) is 5.90. The summed E-state index contributed by atoms with van der Waals surface area (Å²) in [6, 6.07) is 4.71. The van der Waals surface area contributed by atoms with Gasteiger partial charge in [0.25, 0.3) is 0 Å². The molecule has 90 valence electrons. The number of sulfonamides is 1. The summed E-state index contributed by atoms with van der Waals surface area (Å²) in [6.07, 6.45) is 1.92. The molecule has 1 rings (SSSR count). The average Bonchev–Trinajstić information content (AvgIpc) is 2.17. The third-order valence-electron chi connectivity index (χ3n) is 1.86. The standard InChI is InChI=1S/C9H13BrN2O2S2/c1-15-5-4-12-16(13,14)9-3-2-7(10)6-8(9)11/h2-3,6,12H,4-5,11H2,1H3. The van der Waals surface area contributed by atoms with Crippen molar-refractivity contribution in [2.75, 3.05) is 24.3 Å². The largest absolute Gasteiger partial charge is 0.398 e. The molecule has 1 aromatic rings. The molecule has 0 aliphatic rings. The lowest BCUT2D eigenvalue weighted by Gasteiger charge is -2.08. The summed E-state index contributed by atoms with van der Waals surface area (Å²) in [6.45, 7) is 0.402. The van der Waals surface area contributed by atoms with E-state index in [1.54, 1.807) is 23.9 Å². The van der Waals surface area contributed by atoms with Gasteiger partial charge in [0.15, 0.2) is 0 Å². The summed E-state index contributed by atoms with van der Waals surface area (Å²) in [5.41, 5.74) is 5.90. The molecule has 0 atom stereocenters. The van der Waals surface area contributed by atoms with E-state index in [9.17, 15) is 8.42 Å². The number of nitrogen functional groups attached to an aromatic ring is 1. The highest BCUT2D eigenvalue weighted by molar-refractivity contribution is 9.10. The highest BCUT2D eigenvalue weighted by Gasteiger charge is 2.16. The summed E-state index contributed by atoms with van der Waals surface area (Å²) in [5, 5.41) is 0. The van der Waals surface area contributed by atoms with Crippen LogP contribution in [0.5, 0.6) is 0 Å². The molecule has 0 amide bonds. The van der Waals surface area contributed by atoms with Crippen LogP contribution in [0.1, 0.15) is 0 Å². The zero-order valence-corrected chi connectivity index (χ0v) is 12.0. The van der Waals surface area contributed by atoms with Crippen LogP contribution in [0.2, 0.25) is 0 Å². The van der Waals surface area contributed by atoms with Crippen molar-refractivity contribution in [3.8, 4) is 0 Å². The number of thioether (sulfide) groups is 1. The Balaban J connectivity index is 2.90. The van der Waals surface area contributed by atoms with Gasteiger partial charge in [-0.1, -0.05) is 15.9 Å². The van der Waals surface area contributed by atoms with E-state index in [0.717, 1.165) is 10.2 Å². The maximum absolute atomic E-state index is 11.8. The SMILES string of the molecule is CSCCNS(=O)(=O)c1ccc(Br)cc1N. The molecular formula is C9H13BrN2O2S2. The van der Waals surface area contributed by atoms with E-state index in [1.807, 2.05) is 6.26 Å². The molecule has 0 unspecified atom stereocenters. The molecule has 0 spiro atoms. The number of nitrogens with two attached hydrogens (primary N) is 1. The molecule has 3 N–H and O–H groups in total. The van der Waals surface area contributed by atoms with Gasteiger partial charge in [0.2, 0.25) is 10.0 Å². The van der Waals surface area contributed by atoms with Crippen LogP contribution in [0.25, 0.3) is 0 Å². The van der Waals surface area contributed by atoms with E-state index >= 15 is 0 Å². The smallest absolute Gasteiger partial charge is 0.242 e. The second-order valence-electron chi connectivity index (χ2n) is 3.07. The Morgan fingerprint density at radius 2 is 2.19 bits per heavy atom. The first-order chi connectivity index (χ1) is 7.47. The quantitative estimate of drug-likeness (QED) is 0.638. The summed E-state index contributed by atoms with van der Waals surface area (Å²) in [5.74, 6) is 0.732. The Hall–Kier alpha value is -0.240. The van der Waals surface area contributed by atoms with Crippen LogP contribution < -0.4 is 10.5 Å². The lowest BCUT2D eigenvalue weighted by molar-refractivity contribution is 0.584. The number of halogens is 1. The first-order valence-electron chi connectivity index (χ1n) is 4.51. The third-order valence-corrected chi connectivity index (χ3v) is 4.50. The first kappa shape index (κ1) is 13.8. The van der Waals surface area contributed by atoms with E-state index in [2.05, 4.69) is 20.7 Å². The minimum atomic E-state index is -3.49. The predicted octanol–water partition coefficient (Wildman–Crippen LogP) is 1.67. The van der Waals surface area contributed by atoms with E-state index in [1.165, 1.54) is 6.07 Å². The molecule has 0 saturated heterocycles. The molecule has 7 heteroatoms. The summed E-state index contributed by atoms with van der Waals surface area (Å²) in [4.78, 5) is 0.122. The van der Waals surface area contributed by atoms with Gasteiger partial charge in [-0.2, -0.15) is 11.8 Å². The molecule has 0 bridgehead atoms. The minimum Gasteiger partial charge on any atom is -0.398 e. The fourth-order valence-corrected chi connectivity index (χ4v) is 3.08. The van der Waals surface area contributed by atoms with Crippen molar-refractivity contribution < 1.29 is 8.42 Å². The van der Waals surface area contributed by atoms with Crippen LogP contribution in [0.3, 0.4) is 0 Å². The Kier molecular flexibility index (Phi) is 5.10. The summed E-state index contributed by atoms with van der Waals surface area (Å²) < 4.78 is 26.9. The molecule has 1 aromatic carbocycles. The zero-order valence-electron chi connectivity index (χ0n) is 8.73. The molecule has 0 radical (unpaired) electrons. The van der Waals surface area contributed by atoms with Gasteiger partial charge in [-0.25, -0.2) is 13.1 Å². The van der Waals surface area contributed by atoms with E-state index < -0.39 is 10.0 Å².